The summed E-state index contributed by atoms with van der Waals surface area (Å²) in [5, 5.41) is 2.86. The van der Waals surface area contributed by atoms with Crippen molar-refractivity contribution in [3.8, 4) is 11.3 Å². The van der Waals surface area contributed by atoms with E-state index in [1.807, 2.05) is 6.07 Å². The van der Waals surface area contributed by atoms with Gasteiger partial charge in [-0.2, -0.15) is 0 Å². The Bertz CT molecular complexity index is 1100. The molecule has 1 amide bonds. The Balaban J connectivity index is 1.78. The maximum atomic E-state index is 13.6. The summed E-state index contributed by atoms with van der Waals surface area (Å²) in [5.41, 5.74) is 2.93. The van der Waals surface area contributed by atoms with Crippen LogP contribution in [0.2, 0.25) is 5.28 Å². The average Bonchev–Trinajstić information content (AvgIpc) is 2.75. The number of hydrogen-bond acceptors (Lipinski definition) is 5. The number of allylic oxidation sites excluding steroid dienone is 2. The number of pyridine rings is 2. The van der Waals surface area contributed by atoms with E-state index >= 15 is 0 Å². The van der Waals surface area contributed by atoms with Crippen molar-refractivity contribution in [3.05, 3.63) is 71.7 Å². The third-order valence-corrected chi connectivity index (χ3v) is 4.92. The topological polar surface area (TPSA) is 80.7 Å². The summed E-state index contributed by atoms with van der Waals surface area (Å²) >= 11 is 5.69. The van der Waals surface area contributed by atoms with E-state index in [0.29, 0.717) is 28.2 Å². The molecule has 1 aliphatic rings. The van der Waals surface area contributed by atoms with Crippen molar-refractivity contribution in [2.24, 2.45) is 0 Å². The Kier molecular flexibility index (Phi) is 5.50. The van der Waals surface area contributed by atoms with Crippen LogP contribution in [0.25, 0.3) is 16.8 Å². The van der Waals surface area contributed by atoms with Gasteiger partial charge in [0.15, 0.2) is 0 Å². The summed E-state index contributed by atoms with van der Waals surface area (Å²) in [6, 6.07) is 7.11. The fourth-order valence-corrected chi connectivity index (χ4v) is 3.29. The molecule has 30 heavy (non-hydrogen) atoms. The van der Waals surface area contributed by atoms with Crippen molar-refractivity contribution < 1.29 is 13.6 Å². The zero-order valence-electron chi connectivity index (χ0n) is 15.6. The lowest BCUT2D eigenvalue weighted by atomic mass is 9.92. The molecule has 4 rings (SSSR count). The number of alkyl halides is 2. The molecule has 0 aromatic carbocycles. The number of nitrogens with one attached hydrogen (secondary N) is 1. The average molecular weight is 428 g/mol. The third-order valence-electron chi connectivity index (χ3n) is 4.72. The number of aromatic nitrogens is 4. The summed E-state index contributed by atoms with van der Waals surface area (Å²) < 4.78 is 27.3. The summed E-state index contributed by atoms with van der Waals surface area (Å²) in [7, 11) is 0. The molecule has 0 fully saturated rings. The van der Waals surface area contributed by atoms with E-state index in [-0.39, 0.29) is 30.1 Å². The fraction of sp³-hybridized carbons (Fsp3) is 0.190. The third kappa shape index (κ3) is 4.33. The number of nitrogens with zero attached hydrogens (tertiary/aromatic N) is 4. The minimum Gasteiger partial charge on any atom is -0.319 e. The standard InChI is InChI=1S/C21H16ClF2N5O/c22-20-27-11-14(12-28-20)19(30)29-18-15(16-3-1-2-9-25-16)6-10-26-17(18)13-4-7-21(23,24)8-5-13/h1-4,6,9-12H,5,7-8H2,(H,29,30). The Hall–Kier alpha value is -3.26. The van der Waals surface area contributed by atoms with Crippen LogP contribution in [-0.2, 0) is 0 Å². The molecule has 0 saturated heterocycles. The van der Waals surface area contributed by atoms with Gasteiger partial charge >= 0.3 is 0 Å². The number of amides is 1. The first-order chi connectivity index (χ1) is 14.4. The molecule has 0 bridgehead atoms. The highest BCUT2D eigenvalue weighted by atomic mass is 35.5. The molecule has 0 aliphatic heterocycles. The lowest BCUT2D eigenvalue weighted by Gasteiger charge is -2.23. The Morgan fingerprint density at radius 1 is 1.07 bits per heavy atom. The lowest BCUT2D eigenvalue weighted by molar-refractivity contribution is -0.00606. The number of halogens is 3. The van der Waals surface area contributed by atoms with E-state index in [1.54, 1.807) is 30.6 Å². The van der Waals surface area contributed by atoms with Crippen molar-refractivity contribution in [3.63, 3.8) is 0 Å². The quantitative estimate of drug-likeness (QED) is 0.590. The van der Waals surface area contributed by atoms with Gasteiger partial charge in [0.05, 0.1) is 22.6 Å². The zero-order valence-corrected chi connectivity index (χ0v) is 16.4. The van der Waals surface area contributed by atoms with Gasteiger partial charge in [-0.25, -0.2) is 18.7 Å². The summed E-state index contributed by atoms with van der Waals surface area (Å²) in [4.78, 5) is 29.2. The number of carbonyl (C=O) groups is 1. The van der Waals surface area contributed by atoms with Crippen molar-refractivity contribution in [1.29, 1.82) is 0 Å². The number of anilines is 1. The molecule has 1 N–H and O–H groups in total. The molecule has 3 aromatic rings. The molecule has 0 unspecified atom stereocenters. The van der Waals surface area contributed by atoms with E-state index in [1.165, 1.54) is 18.5 Å². The SMILES string of the molecule is O=C(Nc1c(-c2ccccn2)ccnc1C1=CCC(F)(F)CC1)c1cnc(Cl)nc1. The molecule has 6 nitrogen and oxygen atoms in total. The molecular formula is C21H16ClF2N5O. The highest BCUT2D eigenvalue weighted by Crippen LogP contribution is 2.40. The van der Waals surface area contributed by atoms with Crippen LogP contribution in [0.1, 0.15) is 35.3 Å². The van der Waals surface area contributed by atoms with Crippen LogP contribution in [0.4, 0.5) is 14.5 Å². The van der Waals surface area contributed by atoms with Gasteiger partial charge in [0, 0.05) is 43.2 Å². The Morgan fingerprint density at radius 3 is 2.53 bits per heavy atom. The van der Waals surface area contributed by atoms with Gasteiger partial charge in [-0.05, 0) is 41.8 Å². The van der Waals surface area contributed by atoms with Crippen molar-refractivity contribution >= 4 is 28.8 Å². The highest BCUT2D eigenvalue weighted by molar-refractivity contribution is 6.28. The Morgan fingerprint density at radius 2 is 1.87 bits per heavy atom. The number of carbonyl (C=O) groups excluding carboxylic acids is 1. The van der Waals surface area contributed by atoms with Crippen LogP contribution >= 0.6 is 11.6 Å². The van der Waals surface area contributed by atoms with Gasteiger partial charge < -0.3 is 5.32 Å². The first-order valence-electron chi connectivity index (χ1n) is 9.19. The van der Waals surface area contributed by atoms with Gasteiger partial charge in [0.1, 0.15) is 0 Å². The van der Waals surface area contributed by atoms with Crippen LogP contribution < -0.4 is 5.32 Å². The van der Waals surface area contributed by atoms with E-state index in [9.17, 15) is 13.6 Å². The second-order valence-corrected chi connectivity index (χ2v) is 7.12. The predicted octanol–water partition coefficient (Wildman–Crippen LogP) is 5.04. The van der Waals surface area contributed by atoms with Crippen molar-refractivity contribution in [1.82, 2.24) is 19.9 Å². The first-order valence-corrected chi connectivity index (χ1v) is 9.57. The molecule has 0 atom stereocenters. The van der Waals surface area contributed by atoms with Gasteiger partial charge in [-0.15, -0.1) is 0 Å². The van der Waals surface area contributed by atoms with Crippen LogP contribution in [0, 0.1) is 0 Å². The van der Waals surface area contributed by atoms with Crippen molar-refractivity contribution in [2.45, 2.75) is 25.2 Å². The second-order valence-electron chi connectivity index (χ2n) is 6.78. The molecule has 9 heteroatoms. The monoisotopic (exact) mass is 427 g/mol. The zero-order chi connectivity index (χ0) is 21.1. The molecular weight excluding hydrogens is 412 g/mol. The Labute approximate surface area is 176 Å². The maximum absolute atomic E-state index is 13.6. The normalized spacial score (nSPS) is 15.4. The molecule has 152 valence electrons. The molecule has 3 heterocycles. The summed E-state index contributed by atoms with van der Waals surface area (Å²) in [6.07, 6.45) is 6.82. The van der Waals surface area contributed by atoms with E-state index in [4.69, 9.17) is 11.6 Å². The first kappa shape index (κ1) is 20.0. The van der Waals surface area contributed by atoms with Gasteiger partial charge in [-0.1, -0.05) is 12.1 Å². The fourth-order valence-electron chi connectivity index (χ4n) is 3.19. The molecule has 0 radical (unpaired) electrons. The summed E-state index contributed by atoms with van der Waals surface area (Å²) in [6.45, 7) is 0. The molecule has 0 spiro atoms. The number of hydrogen-bond donors (Lipinski definition) is 1. The van der Waals surface area contributed by atoms with Gasteiger partial charge in [-0.3, -0.25) is 14.8 Å². The minimum absolute atomic E-state index is 0.0241. The largest absolute Gasteiger partial charge is 0.319 e. The predicted molar refractivity (Wildman–Crippen MR) is 109 cm³/mol. The van der Waals surface area contributed by atoms with Gasteiger partial charge in [0.25, 0.3) is 11.8 Å². The van der Waals surface area contributed by atoms with Crippen molar-refractivity contribution in [2.75, 3.05) is 5.32 Å². The van der Waals surface area contributed by atoms with Crippen LogP contribution in [-0.4, -0.2) is 31.8 Å². The van der Waals surface area contributed by atoms with Crippen LogP contribution in [0.5, 0.6) is 0 Å². The smallest absolute Gasteiger partial charge is 0.258 e. The van der Waals surface area contributed by atoms with Crippen LogP contribution in [0.3, 0.4) is 0 Å². The number of rotatable bonds is 4. The molecule has 0 saturated carbocycles. The summed E-state index contributed by atoms with van der Waals surface area (Å²) in [5.74, 6) is -3.20. The molecule has 3 aromatic heterocycles. The maximum Gasteiger partial charge on any atom is 0.258 e. The van der Waals surface area contributed by atoms with E-state index in [2.05, 4.69) is 25.3 Å². The molecule has 1 aliphatic carbocycles. The van der Waals surface area contributed by atoms with E-state index in [0.717, 1.165) is 0 Å². The van der Waals surface area contributed by atoms with E-state index < -0.39 is 11.8 Å². The lowest BCUT2D eigenvalue weighted by Crippen LogP contribution is -2.20. The highest BCUT2D eigenvalue weighted by Gasteiger charge is 2.32. The van der Waals surface area contributed by atoms with Crippen LogP contribution in [0.15, 0.2) is 55.1 Å². The van der Waals surface area contributed by atoms with Gasteiger partial charge in [0.2, 0.25) is 5.28 Å². The second kappa shape index (κ2) is 8.23. The minimum atomic E-state index is -2.73.